The topological polar surface area (TPSA) is 66.9 Å². The standard InChI is InChI=1S/C14H13ClN4O/c15-9-2-1-3-11(6-9)19-14(20)12-7-17-13(8-16-12)18-10-4-5-10/h1-3,6-8,10H,4-5H2,(H,17,18)(H,19,20). The molecule has 1 fully saturated rings. The summed E-state index contributed by atoms with van der Waals surface area (Å²) in [6, 6.07) is 7.47. The highest BCUT2D eigenvalue weighted by Gasteiger charge is 2.21. The fourth-order valence-corrected chi connectivity index (χ4v) is 1.91. The molecule has 0 aliphatic heterocycles. The molecule has 1 heterocycles. The van der Waals surface area contributed by atoms with Gasteiger partial charge in [-0.15, -0.1) is 0 Å². The summed E-state index contributed by atoms with van der Waals surface area (Å²) in [5.41, 5.74) is 0.899. The van der Waals surface area contributed by atoms with Crippen molar-refractivity contribution in [3.8, 4) is 0 Å². The van der Waals surface area contributed by atoms with Crippen LogP contribution in [-0.4, -0.2) is 21.9 Å². The Kier molecular flexibility index (Phi) is 3.52. The lowest BCUT2D eigenvalue weighted by atomic mass is 10.3. The maximum atomic E-state index is 12.0. The summed E-state index contributed by atoms with van der Waals surface area (Å²) in [5, 5.41) is 6.51. The van der Waals surface area contributed by atoms with Crippen LogP contribution < -0.4 is 10.6 Å². The van der Waals surface area contributed by atoms with Crippen LogP contribution in [0.4, 0.5) is 11.5 Å². The Morgan fingerprint density at radius 2 is 2.10 bits per heavy atom. The largest absolute Gasteiger partial charge is 0.366 e. The molecule has 2 N–H and O–H groups in total. The molecule has 20 heavy (non-hydrogen) atoms. The van der Waals surface area contributed by atoms with Gasteiger partial charge in [-0.05, 0) is 31.0 Å². The van der Waals surface area contributed by atoms with E-state index in [4.69, 9.17) is 11.6 Å². The van der Waals surface area contributed by atoms with Gasteiger partial charge < -0.3 is 10.6 Å². The number of benzene rings is 1. The number of anilines is 2. The molecule has 1 aromatic heterocycles. The number of aromatic nitrogens is 2. The van der Waals surface area contributed by atoms with Crippen LogP contribution in [0.2, 0.25) is 5.02 Å². The molecule has 1 aliphatic carbocycles. The summed E-state index contributed by atoms with van der Waals surface area (Å²) in [5.74, 6) is 0.393. The van der Waals surface area contributed by atoms with Crippen LogP contribution in [0.15, 0.2) is 36.7 Å². The summed E-state index contributed by atoms with van der Waals surface area (Å²) < 4.78 is 0. The van der Waals surface area contributed by atoms with E-state index in [2.05, 4.69) is 20.6 Å². The van der Waals surface area contributed by atoms with E-state index in [0.29, 0.717) is 22.6 Å². The summed E-state index contributed by atoms with van der Waals surface area (Å²) >= 11 is 5.86. The van der Waals surface area contributed by atoms with E-state index >= 15 is 0 Å². The summed E-state index contributed by atoms with van der Waals surface area (Å²) in [4.78, 5) is 20.3. The van der Waals surface area contributed by atoms with Crippen LogP contribution in [0.1, 0.15) is 23.3 Å². The molecule has 0 radical (unpaired) electrons. The van der Waals surface area contributed by atoms with Gasteiger partial charge >= 0.3 is 0 Å². The maximum Gasteiger partial charge on any atom is 0.275 e. The van der Waals surface area contributed by atoms with Crippen LogP contribution in [0, 0.1) is 0 Å². The van der Waals surface area contributed by atoms with Crippen LogP contribution >= 0.6 is 11.6 Å². The Morgan fingerprint density at radius 3 is 2.75 bits per heavy atom. The Morgan fingerprint density at radius 1 is 1.25 bits per heavy atom. The molecule has 0 spiro atoms. The zero-order chi connectivity index (χ0) is 13.9. The first kappa shape index (κ1) is 12.9. The van der Waals surface area contributed by atoms with Crippen LogP contribution in [0.3, 0.4) is 0 Å². The Labute approximate surface area is 121 Å². The van der Waals surface area contributed by atoms with E-state index in [0.717, 1.165) is 0 Å². The van der Waals surface area contributed by atoms with Crippen molar-refractivity contribution in [2.45, 2.75) is 18.9 Å². The zero-order valence-electron chi connectivity index (χ0n) is 10.6. The van der Waals surface area contributed by atoms with Crippen molar-refractivity contribution in [3.63, 3.8) is 0 Å². The number of amides is 1. The maximum absolute atomic E-state index is 12.0. The van der Waals surface area contributed by atoms with Gasteiger partial charge in [0, 0.05) is 16.8 Å². The van der Waals surface area contributed by atoms with Crippen molar-refractivity contribution < 1.29 is 4.79 Å². The molecule has 0 saturated heterocycles. The number of hydrogen-bond donors (Lipinski definition) is 2. The molecule has 102 valence electrons. The number of halogens is 1. The predicted octanol–water partition coefficient (Wildman–Crippen LogP) is 2.96. The molecular weight excluding hydrogens is 276 g/mol. The third-order valence-electron chi connectivity index (χ3n) is 2.90. The summed E-state index contributed by atoms with van der Waals surface area (Å²) in [6.07, 6.45) is 5.37. The molecule has 0 atom stereocenters. The van der Waals surface area contributed by atoms with Gasteiger partial charge in [-0.25, -0.2) is 9.97 Å². The van der Waals surface area contributed by atoms with E-state index < -0.39 is 0 Å². The first-order chi connectivity index (χ1) is 9.70. The highest BCUT2D eigenvalue weighted by Crippen LogP contribution is 2.23. The van der Waals surface area contributed by atoms with E-state index in [1.165, 1.54) is 19.0 Å². The van der Waals surface area contributed by atoms with Gasteiger partial charge in [0.05, 0.1) is 12.4 Å². The van der Waals surface area contributed by atoms with Gasteiger partial charge in [0.15, 0.2) is 0 Å². The minimum Gasteiger partial charge on any atom is -0.366 e. The predicted molar refractivity (Wildman–Crippen MR) is 78.1 cm³/mol. The number of rotatable bonds is 4. The Balaban J connectivity index is 1.66. The van der Waals surface area contributed by atoms with Crippen molar-refractivity contribution in [1.82, 2.24) is 9.97 Å². The van der Waals surface area contributed by atoms with Gasteiger partial charge in [0.2, 0.25) is 0 Å². The minimum atomic E-state index is -0.308. The lowest BCUT2D eigenvalue weighted by molar-refractivity contribution is 0.102. The molecule has 5 nitrogen and oxygen atoms in total. The Hall–Kier alpha value is -2.14. The fourth-order valence-electron chi connectivity index (χ4n) is 1.72. The van der Waals surface area contributed by atoms with Crippen molar-refractivity contribution >= 4 is 29.0 Å². The lowest BCUT2D eigenvalue weighted by Crippen LogP contribution is -2.14. The van der Waals surface area contributed by atoms with Crippen molar-refractivity contribution in [2.75, 3.05) is 10.6 Å². The normalized spacial score (nSPS) is 13.8. The molecule has 2 aromatic rings. The van der Waals surface area contributed by atoms with E-state index in [-0.39, 0.29) is 11.6 Å². The SMILES string of the molecule is O=C(Nc1cccc(Cl)c1)c1cnc(NC2CC2)cn1. The van der Waals surface area contributed by atoms with E-state index in [1.807, 2.05) is 0 Å². The van der Waals surface area contributed by atoms with Gasteiger partial charge in [0.25, 0.3) is 5.91 Å². The summed E-state index contributed by atoms with van der Waals surface area (Å²) in [6.45, 7) is 0. The molecule has 3 rings (SSSR count). The first-order valence-electron chi connectivity index (χ1n) is 6.36. The molecule has 0 unspecified atom stereocenters. The van der Waals surface area contributed by atoms with E-state index in [9.17, 15) is 4.79 Å². The summed E-state index contributed by atoms with van der Waals surface area (Å²) in [7, 11) is 0. The minimum absolute atomic E-state index is 0.270. The highest BCUT2D eigenvalue weighted by molar-refractivity contribution is 6.30. The van der Waals surface area contributed by atoms with Gasteiger partial charge in [-0.1, -0.05) is 17.7 Å². The average molecular weight is 289 g/mol. The number of carbonyl (C=O) groups excluding carboxylic acids is 1. The molecule has 1 amide bonds. The van der Waals surface area contributed by atoms with Gasteiger partial charge in [-0.2, -0.15) is 0 Å². The smallest absolute Gasteiger partial charge is 0.275 e. The quantitative estimate of drug-likeness (QED) is 0.908. The second kappa shape index (κ2) is 5.46. The lowest BCUT2D eigenvalue weighted by Gasteiger charge is -2.06. The van der Waals surface area contributed by atoms with Gasteiger partial charge in [-0.3, -0.25) is 4.79 Å². The van der Waals surface area contributed by atoms with E-state index in [1.54, 1.807) is 30.5 Å². The second-order valence-electron chi connectivity index (χ2n) is 4.67. The zero-order valence-corrected chi connectivity index (χ0v) is 11.4. The average Bonchev–Trinajstić information content (AvgIpc) is 3.23. The third-order valence-corrected chi connectivity index (χ3v) is 3.13. The van der Waals surface area contributed by atoms with Crippen LogP contribution in [0.5, 0.6) is 0 Å². The van der Waals surface area contributed by atoms with Crippen molar-refractivity contribution in [3.05, 3.63) is 47.4 Å². The van der Waals surface area contributed by atoms with Crippen molar-refractivity contribution in [2.24, 2.45) is 0 Å². The second-order valence-corrected chi connectivity index (χ2v) is 5.11. The molecule has 1 saturated carbocycles. The number of nitrogens with zero attached hydrogens (tertiary/aromatic N) is 2. The molecule has 0 bridgehead atoms. The van der Waals surface area contributed by atoms with Crippen LogP contribution in [0.25, 0.3) is 0 Å². The Bertz CT molecular complexity index is 625. The molecule has 1 aromatic carbocycles. The number of carbonyl (C=O) groups is 1. The van der Waals surface area contributed by atoms with Crippen molar-refractivity contribution in [1.29, 1.82) is 0 Å². The molecule has 6 heteroatoms. The fraction of sp³-hybridized carbons (Fsp3) is 0.214. The first-order valence-corrected chi connectivity index (χ1v) is 6.74. The number of hydrogen-bond acceptors (Lipinski definition) is 4. The van der Waals surface area contributed by atoms with Gasteiger partial charge in [0.1, 0.15) is 11.5 Å². The van der Waals surface area contributed by atoms with Crippen LogP contribution in [-0.2, 0) is 0 Å². The number of nitrogens with one attached hydrogen (secondary N) is 2. The third kappa shape index (κ3) is 3.24. The monoisotopic (exact) mass is 288 g/mol. The molecular formula is C14H13ClN4O. The molecule has 1 aliphatic rings. The highest BCUT2D eigenvalue weighted by atomic mass is 35.5.